The minimum absolute atomic E-state index is 0.296. The van der Waals surface area contributed by atoms with Gasteiger partial charge in [-0.3, -0.25) is 0 Å². The quantitative estimate of drug-likeness (QED) is 0.820. The number of ether oxygens (including phenoxy) is 2. The monoisotopic (exact) mass is 256 g/mol. The molecule has 0 unspecified atom stereocenters. The molecule has 0 amide bonds. The van der Waals surface area contributed by atoms with Crippen LogP contribution in [0.15, 0.2) is 0 Å². The van der Waals surface area contributed by atoms with Gasteiger partial charge >= 0.3 is 0 Å². The minimum atomic E-state index is -0.455. The molecule has 1 aliphatic carbocycles. The maximum Gasteiger partial charge on any atom is 0.168 e. The van der Waals surface area contributed by atoms with E-state index in [1.54, 1.807) is 0 Å². The van der Waals surface area contributed by atoms with E-state index in [1.165, 1.54) is 0 Å². The van der Waals surface area contributed by atoms with E-state index in [9.17, 15) is 5.11 Å². The average Bonchev–Trinajstić information content (AvgIpc) is 2.79. The first-order valence-corrected chi connectivity index (χ1v) is 7.64. The molecule has 3 heteroatoms. The Morgan fingerprint density at radius 3 is 2.00 bits per heavy atom. The van der Waals surface area contributed by atoms with Crippen molar-refractivity contribution in [2.75, 3.05) is 13.2 Å². The predicted molar refractivity (Wildman–Crippen MR) is 71.4 cm³/mol. The Morgan fingerprint density at radius 2 is 1.56 bits per heavy atom. The van der Waals surface area contributed by atoms with Crippen molar-refractivity contribution < 1.29 is 14.6 Å². The van der Waals surface area contributed by atoms with E-state index in [2.05, 4.69) is 13.8 Å². The zero-order chi connectivity index (χ0) is 13.1. The van der Waals surface area contributed by atoms with Gasteiger partial charge in [0, 0.05) is 12.8 Å². The van der Waals surface area contributed by atoms with Crippen LogP contribution < -0.4 is 0 Å². The summed E-state index contributed by atoms with van der Waals surface area (Å²) in [6.45, 7) is 5.79. The summed E-state index contributed by atoms with van der Waals surface area (Å²) in [5.41, 5.74) is -0.455. The molecular weight excluding hydrogens is 228 g/mol. The van der Waals surface area contributed by atoms with Crippen LogP contribution in [0.25, 0.3) is 0 Å². The van der Waals surface area contributed by atoms with Gasteiger partial charge in [0.05, 0.1) is 18.8 Å². The van der Waals surface area contributed by atoms with E-state index in [1.807, 2.05) is 0 Å². The molecule has 1 saturated carbocycles. The number of aliphatic hydroxyl groups is 1. The van der Waals surface area contributed by atoms with Crippen LogP contribution in [0.4, 0.5) is 0 Å². The summed E-state index contributed by atoms with van der Waals surface area (Å²) in [6, 6.07) is 0. The lowest BCUT2D eigenvalue weighted by molar-refractivity contribution is -0.194. The van der Waals surface area contributed by atoms with Gasteiger partial charge in [0.25, 0.3) is 0 Å². The number of rotatable bonds is 5. The van der Waals surface area contributed by atoms with E-state index in [0.717, 1.165) is 64.6 Å². The van der Waals surface area contributed by atoms with Gasteiger partial charge in [0.1, 0.15) is 0 Å². The molecule has 0 atom stereocenters. The predicted octanol–water partition coefficient (Wildman–Crippen LogP) is 3.25. The van der Waals surface area contributed by atoms with Gasteiger partial charge in [-0.2, -0.15) is 0 Å². The standard InChI is InChI=1S/C15H28O3/c1-3-7-14(16,8-4-2)13-5-9-15(10-6-13)17-11-12-18-15/h13,16H,3-12H2,1-2H3. The summed E-state index contributed by atoms with van der Waals surface area (Å²) >= 11 is 0. The van der Waals surface area contributed by atoms with Crippen LogP contribution in [-0.2, 0) is 9.47 Å². The van der Waals surface area contributed by atoms with Crippen molar-refractivity contribution in [1.29, 1.82) is 0 Å². The summed E-state index contributed by atoms with van der Waals surface area (Å²) < 4.78 is 11.5. The van der Waals surface area contributed by atoms with Crippen molar-refractivity contribution in [3.05, 3.63) is 0 Å². The molecule has 2 fully saturated rings. The number of hydrogen-bond acceptors (Lipinski definition) is 3. The van der Waals surface area contributed by atoms with E-state index in [0.29, 0.717) is 5.92 Å². The highest BCUT2D eigenvalue weighted by Crippen LogP contribution is 2.44. The Kier molecular flexibility index (Phi) is 4.68. The molecule has 0 aromatic rings. The zero-order valence-electron chi connectivity index (χ0n) is 11.9. The van der Waals surface area contributed by atoms with Crippen molar-refractivity contribution >= 4 is 0 Å². The van der Waals surface area contributed by atoms with Gasteiger partial charge < -0.3 is 14.6 Å². The lowest BCUT2D eigenvalue weighted by Gasteiger charge is -2.43. The zero-order valence-corrected chi connectivity index (χ0v) is 11.9. The largest absolute Gasteiger partial charge is 0.390 e. The molecule has 106 valence electrons. The first-order chi connectivity index (χ1) is 8.64. The van der Waals surface area contributed by atoms with Gasteiger partial charge in [-0.25, -0.2) is 0 Å². The Balaban J connectivity index is 1.93. The van der Waals surface area contributed by atoms with Crippen LogP contribution in [0.1, 0.15) is 65.2 Å². The summed E-state index contributed by atoms with van der Waals surface area (Å²) in [5, 5.41) is 10.9. The first-order valence-electron chi connectivity index (χ1n) is 7.64. The second-order valence-corrected chi connectivity index (χ2v) is 5.99. The van der Waals surface area contributed by atoms with Crippen molar-refractivity contribution in [3.8, 4) is 0 Å². The second kappa shape index (κ2) is 5.89. The van der Waals surface area contributed by atoms with Crippen molar-refractivity contribution in [2.24, 2.45) is 5.92 Å². The Bertz CT molecular complexity index is 242. The van der Waals surface area contributed by atoms with Crippen LogP contribution in [0.5, 0.6) is 0 Å². The highest BCUT2D eigenvalue weighted by atomic mass is 16.7. The third-order valence-electron chi connectivity index (χ3n) is 4.69. The fourth-order valence-electron chi connectivity index (χ4n) is 3.78. The topological polar surface area (TPSA) is 38.7 Å². The van der Waals surface area contributed by atoms with Crippen LogP contribution in [0.2, 0.25) is 0 Å². The molecule has 1 N–H and O–H groups in total. The molecule has 2 aliphatic rings. The van der Waals surface area contributed by atoms with Crippen LogP contribution >= 0.6 is 0 Å². The van der Waals surface area contributed by atoms with E-state index < -0.39 is 5.60 Å². The first kappa shape index (κ1) is 14.3. The Hall–Kier alpha value is -0.120. The highest BCUT2D eigenvalue weighted by molar-refractivity contribution is 4.92. The van der Waals surface area contributed by atoms with Crippen molar-refractivity contribution in [3.63, 3.8) is 0 Å². The van der Waals surface area contributed by atoms with Crippen LogP contribution in [0.3, 0.4) is 0 Å². The van der Waals surface area contributed by atoms with Gasteiger partial charge in [0.2, 0.25) is 0 Å². The summed E-state index contributed by atoms with van der Waals surface area (Å²) in [6.07, 6.45) is 7.96. The summed E-state index contributed by atoms with van der Waals surface area (Å²) in [4.78, 5) is 0. The molecule has 3 nitrogen and oxygen atoms in total. The van der Waals surface area contributed by atoms with Gasteiger partial charge in [-0.1, -0.05) is 26.7 Å². The molecule has 18 heavy (non-hydrogen) atoms. The Labute approximate surface area is 111 Å². The van der Waals surface area contributed by atoms with Crippen LogP contribution in [-0.4, -0.2) is 29.7 Å². The third kappa shape index (κ3) is 2.89. The molecule has 1 spiro atoms. The Morgan fingerprint density at radius 1 is 1.06 bits per heavy atom. The van der Waals surface area contributed by atoms with Gasteiger partial charge in [-0.15, -0.1) is 0 Å². The molecule has 2 rings (SSSR count). The fraction of sp³-hybridized carbons (Fsp3) is 1.00. The molecule has 1 aliphatic heterocycles. The SMILES string of the molecule is CCCC(O)(CCC)C1CCC2(CC1)OCCO2. The lowest BCUT2D eigenvalue weighted by atomic mass is 9.71. The van der Waals surface area contributed by atoms with Crippen molar-refractivity contribution in [1.82, 2.24) is 0 Å². The lowest BCUT2D eigenvalue weighted by Crippen LogP contribution is -2.44. The van der Waals surface area contributed by atoms with Crippen LogP contribution in [0, 0.1) is 5.92 Å². The second-order valence-electron chi connectivity index (χ2n) is 5.99. The fourth-order valence-corrected chi connectivity index (χ4v) is 3.78. The molecule has 1 heterocycles. The molecule has 0 aromatic carbocycles. The summed E-state index contributed by atoms with van der Waals surface area (Å²) in [5.74, 6) is 0.131. The minimum Gasteiger partial charge on any atom is -0.390 e. The molecule has 0 radical (unpaired) electrons. The molecule has 0 bridgehead atoms. The molecular formula is C15H28O3. The molecule has 1 saturated heterocycles. The number of hydrogen-bond donors (Lipinski definition) is 1. The maximum absolute atomic E-state index is 10.9. The maximum atomic E-state index is 10.9. The normalized spacial score (nSPS) is 24.8. The van der Waals surface area contributed by atoms with E-state index in [-0.39, 0.29) is 5.79 Å². The van der Waals surface area contributed by atoms with Crippen molar-refractivity contribution in [2.45, 2.75) is 76.6 Å². The third-order valence-corrected chi connectivity index (χ3v) is 4.69. The van der Waals surface area contributed by atoms with E-state index >= 15 is 0 Å². The van der Waals surface area contributed by atoms with E-state index in [4.69, 9.17) is 9.47 Å². The summed E-state index contributed by atoms with van der Waals surface area (Å²) in [7, 11) is 0. The van der Waals surface area contributed by atoms with Gasteiger partial charge in [0.15, 0.2) is 5.79 Å². The smallest absolute Gasteiger partial charge is 0.168 e. The highest BCUT2D eigenvalue weighted by Gasteiger charge is 2.45. The average molecular weight is 256 g/mol. The van der Waals surface area contributed by atoms with Gasteiger partial charge in [-0.05, 0) is 31.6 Å². The molecule has 0 aromatic heterocycles.